The molecule has 1 aromatic carbocycles. The van der Waals surface area contributed by atoms with E-state index in [-0.39, 0.29) is 11.6 Å². The van der Waals surface area contributed by atoms with Gasteiger partial charge in [-0.1, -0.05) is 11.6 Å². The van der Waals surface area contributed by atoms with Gasteiger partial charge in [-0.2, -0.15) is 17.5 Å². The number of nitrogens with zero attached hydrogens (tertiary/aromatic N) is 1. The molecule has 1 aromatic rings. The van der Waals surface area contributed by atoms with Crippen molar-refractivity contribution in [2.45, 2.75) is 30.0 Å². The summed E-state index contributed by atoms with van der Waals surface area (Å²) in [5, 5.41) is 8.98. The zero-order valence-corrected chi connectivity index (χ0v) is 12.3. The fourth-order valence-electron chi connectivity index (χ4n) is 2.38. The highest BCUT2D eigenvalue weighted by atomic mass is 35.5. The van der Waals surface area contributed by atoms with Crippen LogP contribution in [0.25, 0.3) is 0 Å². The normalized spacial score (nSPS) is 20.9. The Morgan fingerprint density at radius 1 is 1.38 bits per heavy atom. The molecule has 1 heterocycles. The number of alkyl halides is 3. The minimum Gasteiger partial charge on any atom is -0.395 e. The van der Waals surface area contributed by atoms with Crippen molar-refractivity contribution in [1.82, 2.24) is 4.31 Å². The molecule has 118 valence electrons. The van der Waals surface area contributed by atoms with Gasteiger partial charge in [0.15, 0.2) is 0 Å². The van der Waals surface area contributed by atoms with Crippen LogP contribution in [0.3, 0.4) is 0 Å². The van der Waals surface area contributed by atoms with Crippen molar-refractivity contribution in [2.75, 3.05) is 13.2 Å². The van der Waals surface area contributed by atoms with E-state index in [2.05, 4.69) is 0 Å². The Morgan fingerprint density at radius 2 is 2.05 bits per heavy atom. The molecule has 21 heavy (non-hydrogen) atoms. The van der Waals surface area contributed by atoms with Crippen LogP contribution < -0.4 is 0 Å². The summed E-state index contributed by atoms with van der Waals surface area (Å²) in [6, 6.07) is 1.87. The second-order valence-corrected chi connectivity index (χ2v) is 7.03. The highest BCUT2D eigenvalue weighted by Gasteiger charge is 2.42. The largest absolute Gasteiger partial charge is 0.417 e. The van der Waals surface area contributed by atoms with Crippen LogP contribution >= 0.6 is 11.6 Å². The Labute approximate surface area is 125 Å². The Kier molecular flexibility index (Phi) is 4.53. The summed E-state index contributed by atoms with van der Waals surface area (Å²) in [4.78, 5) is -0.834. The fraction of sp³-hybridized carbons (Fsp3) is 0.500. The monoisotopic (exact) mass is 343 g/mol. The molecule has 1 N–H and O–H groups in total. The van der Waals surface area contributed by atoms with Gasteiger partial charge in [0.25, 0.3) is 0 Å². The van der Waals surface area contributed by atoms with Gasteiger partial charge < -0.3 is 5.11 Å². The Balaban J connectivity index is 2.55. The van der Waals surface area contributed by atoms with Crippen molar-refractivity contribution in [3.05, 3.63) is 28.8 Å². The first-order valence-corrected chi connectivity index (χ1v) is 7.99. The Hall–Kier alpha value is -0.830. The zero-order valence-electron chi connectivity index (χ0n) is 10.8. The summed E-state index contributed by atoms with van der Waals surface area (Å²) in [6.45, 7) is -0.332. The number of halogens is 4. The van der Waals surface area contributed by atoms with Crippen LogP contribution in [0.15, 0.2) is 23.1 Å². The molecule has 0 amide bonds. The van der Waals surface area contributed by atoms with Crippen LogP contribution in [-0.4, -0.2) is 37.0 Å². The molecule has 0 aliphatic carbocycles. The van der Waals surface area contributed by atoms with Gasteiger partial charge in [-0.05, 0) is 31.0 Å². The van der Waals surface area contributed by atoms with Gasteiger partial charge in [-0.25, -0.2) is 8.42 Å². The van der Waals surface area contributed by atoms with Crippen LogP contribution in [0, 0.1) is 0 Å². The molecule has 4 nitrogen and oxygen atoms in total. The number of aliphatic hydroxyl groups excluding tert-OH is 1. The molecule has 0 aromatic heterocycles. The molecular weight excluding hydrogens is 331 g/mol. The molecule has 0 bridgehead atoms. The summed E-state index contributed by atoms with van der Waals surface area (Å²) in [5.74, 6) is 0. The molecule has 0 radical (unpaired) electrons. The van der Waals surface area contributed by atoms with Crippen LogP contribution in [0.4, 0.5) is 13.2 Å². The van der Waals surface area contributed by atoms with Crippen molar-refractivity contribution in [3.63, 3.8) is 0 Å². The van der Waals surface area contributed by atoms with E-state index in [1.54, 1.807) is 0 Å². The summed E-state index contributed by atoms with van der Waals surface area (Å²) in [6.07, 6.45) is -3.91. The minimum atomic E-state index is -4.83. The average Bonchev–Trinajstić information content (AvgIpc) is 2.86. The maximum Gasteiger partial charge on any atom is 0.417 e. The average molecular weight is 344 g/mol. The lowest BCUT2D eigenvalue weighted by atomic mass is 10.2. The van der Waals surface area contributed by atoms with E-state index in [9.17, 15) is 26.7 Å². The second kappa shape index (κ2) is 5.75. The third-order valence-corrected chi connectivity index (χ3v) is 5.61. The van der Waals surface area contributed by atoms with Gasteiger partial charge in [0.05, 0.1) is 17.1 Å². The maximum atomic E-state index is 13.0. The van der Waals surface area contributed by atoms with Crippen molar-refractivity contribution in [3.8, 4) is 0 Å². The highest BCUT2D eigenvalue weighted by molar-refractivity contribution is 7.89. The van der Waals surface area contributed by atoms with Crippen molar-refractivity contribution < 1.29 is 26.7 Å². The lowest BCUT2D eigenvalue weighted by molar-refractivity contribution is -0.139. The first-order valence-electron chi connectivity index (χ1n) is 6.17. The van der Waals surface area contributed by atoms with Crippen molar-refractivity contribution in [1.29, 1.82) is 0 Å². The van der Waals surface area contributed by atoms with E-state index in [1.807, 2.05) is 0 Å². The van der Waals surface area contributed by atoms with E-state index in [0.29, 0.717) is 18.9 Å². The SMILES string of the molecule is O=S(=O)(c1ccc(Cl)cc1C(F)(F)F)N1CCC[C@H]1CO. The first-order chi connectivity index (χ1) is 9.67. The van der Waals surface area contributed by atoms with Gasteiger partial charge >= 0.3 is 6.18 Å². The summed E-state index contributed by atoms with van der Waals surface area (Å²) >= 11 is 5.54. The maximum absolute atomic E-state index is 13.0. The predicted molar refractivity (Wildman–Crippen MR) is 70.5 cm³/mol. The lowest BCUT2D eigenvalue weighted by Crippen LogP contribution is -2.38. The first kappa shape index (κ1) is 16.5. The summed E-state index contributed by atoms with van der Waals surface area (Å²) < 4.78 is 64.9. The van der Waals surface area contributed by atoms with Crippen LogP contribution in [0.2, 0.25) is 5.02 Å². The van der Waals surface area contributed by atoms with Crippen LogP contribution in [0.5, 0.6) is 0 Å². The topological polar surface area (TPSA) is 57.6 Å². The van der Waals surface area contributed by atoms with Crippen LogP contribution in [-0.2, 0) is 16.2 Å². The minimum absolute atomic E-state index is 0.0908. The molecule has 0 saturated carbocycles. The smallest absolute Gasteiger partial charge is 0.395 e. The number of hydrogen-bond donors (Lipinski definition) is 1. The lowest BCUT2D eigenvalue weighted by Gasteiger charge is -2.24. The number of hydrogen-bond acceptors (Lipinski definition) is 3. The summed E-state index contributed by atoms with van der Waals surface area (Å²) in [5.41, 5.74) is -1.29. The van der Waals surface area contributed by atoms with Gasteiger partial charge in [-0.15, -0.1) is 0 Å². The van der Waals surface area contributed by atoms with Gasteiger partial charge in [0, 0.05) is 17.6 Å². The van der Waals surface area contributed by atoms with E-state index >= 15 is 0 Å². The predicted octanol–water partition coefficient (Wildman–Crippen LogP) is 2.50. The van der Waals surface area contributed by atoms with Gasteiger partial charge in [-0.3, -0.25) is 0 Å². The highest BCUT2D eigenvalue weighted by Crippen LogP contribution is 2.38. The van der Waals surface area contributed by atoms with Gasteiger partial charge in [0.1, 0.15) is 0 Å². The molecule has 1 fully saturated rings. The third-order valence-electron chi connectivity index (χ3n) is 3.37. The molecular formula is C12H13ClF3NO3S. The quantitative estimate of drug-likeness (QED) is 0.917. The summed E-state index contributed by atoms with van der Waals surface area (Å²) in [7, 11) is -4.34. The van der Waals surface area contributed by atoms with Crippen molar-refractivity contribution >= 4 is 21.6 Å². The molecule has 1 aliphatic heterocycles. The molecule has 1 saturated heterocycles. The standard InChI is InChI=1S/C12H13ClF3NO3S/c13-8-3-4-11(10(6-8)12(14,15)16)21(19,20)17-5-1-2-9(17)7-18/h3-4,6,9,18H,1-2,5,7H2/t9-/m0/s1. The fourth-order valence-corrected chi connectivity index (χ4v) is 4.43. The van der Waals surface area contributed by atoms with E-state index in [4.69, 9.17) is 11.6 Å². The van der Waals surface area contributed by atoms with Gasteiger partial charge in [0.2, 0.25) is 10.0 Å². The third kappa shape index (κ3) is 3.18. The molecule has 9 heteroatoms. The number of sulfonamides is 1. The van der Waals surface area contributed by atoms with Crippen molar-refractivity contribution in [2.24, 2.45) is 0 Å². The zero-order chi connectivity index (χ0) is 15.8. The Bertz CT molecular complexity index is 633. The Morgan fingerprint density at radius 3 is 2.62 bits per heavy atom. The number of rotatable bonds is 3. The molecule has 0 spiro atoms. The number of aliphatic hydroxyl groups is 1. The molecule has 0 unspecified atom stereocenters. The number of benzene rings is 1. The molecule has 2 rings (SSSR count). The van der Waals surface area contributed by atoms with E-state index in [0.717, 1.165) is 16.4 Å². The van der Waals surface area contributed by atoms with Crippen LogP contribution in [0.1, 0.15) is 18.4 Å². The van der Waals surface area contributed by atoms with E-state index < -0.39 is 39.3 Å². The molecule has 1 aliphatic rings. The molecule has 1 atom stereocenters. The second-order valence-electron chi connectivity index (χ2n) is 4.73. The van der Waals surface area contributed by atoms with E-state index in [1.165, 1.54) is 0 Å².